The molecule has 0 spiro atoms. The summed E-state index contributed by atoms with van der Waals surface area (Å²) in [7, 11) is 0. The van der Waals surface area contributed by atoms with Crippen molar-refractivity contribution in [2.75, 3.05) is 0 Å². The lowest BCUT2D eigenvalue weighted by molar-refractivity contribution is 0.868. The number of rotatable bonds is 0. The van der Waals surface area contributed by atoms with Gasteiger partial charge in [-0.15, -0.1) is 0 Å². The van der Waals surface area contributed by atoms with E-state index in [1.165, 1.54) is 19.3 Å². The number of hydrogen-bond acceptors (Lipinski definition) is 0. The highest BCUT2D eigenvalue weighted by Crippen LogP contribution is 2.01. The van der Waals surface area contributed by atoms with Gasteiger partial charge in [-0.25, -0.2) is 0 Å². The molecule has 1 radical (unpaired) electrons. The van der Waals surface area contributed by atoms with Crippen molar-refractivity contribution in [2.24, 2.45) is 0 Å². The largest absolute Gasteiger partial charge is 0.0845 e. The molecule has 0 atom stereocenters. The van der Waals surface area contributed by atoms with E-state index in [0.29, 0.717) is 0 Å². The Kier molecular flexibility index (Phi) is 6.74. The van der Waals surface area contributed by atoms with E-state index in [0.717, 1.165) is 12.8 Å². The van der Waals surface area contributed by atoms with Crippen LogP contribution in [-0.4, -0.2) is 0 Å². The first-order chi connectivity index (χ1) is 7.00. The molecule has 0 amide bonds. The van der Waals surface area contributed by atoms with Crippen LogP contribution in [0.15, 0.2) is 48.6 Å². The van der Waals surface area contributed by atoms with Crippen molar-refractivity contribution in [2.45, 2.75) is 32.1 Å². The van der Waals surface area contributed by atoms with Gasteiger partial charge in [0.05, 0.1) is 0 Å². The van der Waals surface area contributed by atoms with Gasteiger partial charge in [-0.05, 0) is 38.5 Å². The predicted molar refractivity (Wildman–Crippen MR) is 63.9 cm³/mol. The van der Waals surface area contributed by atoms with E-state index < -0.39 is 0 Å². The van der Waals surface area contributed by atoms with Gasteiger partial charge in [0.1, 0.15) is 0 Å². The Hall–Kier alpha value is -1.04. The summed E-state index contributed by atoms with van der Waals surface area (Å²) in [5.41, 5.74) is 0. The lowest BCUT2D eigenvalue weighted by Gasteiger charge is -1.91. The van der Waals surface area contributed by atoms with Crippen LogP contribution in [0.2, 0.25) is 0 Å². The van der Waals surface area contributed by atoms with Crippen molar-refractivity contribution < 1.29 is 0 Å². The van der Waals surface area contributed by atoms with Crippen LogP contribution in [-0.2, 0) is 0 Å². The molecule has 0 N–H and O–H groups in total. The third kappa shape index (κ3) is 6.47. The van der Waals surface area contributed by atoms with Gasteiger partial charge in [-0.3, -0.25) is 0 Å². The van der Waals surface area contributed by atoms with Gasteiger partial charge in [0.15, 0.2) is 0 Å². The summed E-state index contributed by atoms with van der Waals surface area (Å²) in [6, 6.07) is 0. The Morgan fingerprint density at radius 2 is 1.14 bits per heavy atom. The van der Waals surface area contributed by atoms with Crippen LogP contribution in [0.1, 0.15) is 32.1 Å². The Morgan fingerprint density at radius 1 is 0.500 bits per heavy atom. The fraction of sp³-hybridized carbons (Fsp3) is 0.357. The van der Waals surface area contributed by atoms with Gasteiger partial charge in [0.25, 0.3) is 0 Å². The summed E-state index contributed by atoms with van der Waals surface area (Å²) in [6.45, 7) is 0. The molecule has 0 heteroatoms. The summed E-state index contributed by atoms with van der Waals surface area (Å²) in [5.74, 6) is 0. The van der Waals surface area contributed by atoms with Crippen LogP contribution in [0.5, 0.6) is 0 Å². The number of allylic oxidation sites excluding steroid dienone is 8. The maximum Gasteiger partial charge on any atom is -0.0164 e. The van der Waals surface area contributed by atoms with Crippen LogP contribution < -0.4 is 0 Å². The van der Waals surface area contributed by atoms with E-state index >= 15 is 0 Å². The van der Waals surface area contributed by atoms with Crippen molar-refractivity contribution >= 4 is 0 Å². The molecule has 0 bridgehead atoms. The number of hydrogen-bond donors (Lipinski definition) is 0. The summed E-state index contributed by atoms with van der Waals surface area (Å²) in [6.07, 6.45) is 25.5. The second-order valence-corrected chi connectivity index (χ2v) is 3.41. The molecular weight excluding hydrogens is 168 g/mol. The zero-order valence-electron chi connectivity index (χ0n) is 8.73. The van der Waals surface area contributed by atoms with Crippen molar-refractivity contribution in [3.63, 3.8) is 0 Å². The molecule has 0 saturated heterocycles. The third-order valence-electron chi connectivity index (χ3n) is 2.12. The van der Waals surface area contributed by atoms with Crippen molar-refractivity contribution in [3.05, 3.63) is 55.0 Å². The summed E-state index contributed by atoms with van der Waals surface area (Å²) in [4.78, 5) is 0. The van der Waals surface area contributed by atoms with Gasteiger partial charge in [-0.1, -0.05) is 48.6 Å². The molecule has 1 aliphatic rings. The quantitative estimate of drug-likeness (QED) is 0.528. The first-order valence-corrected chi connectivity index (χ1v) is 5.47. The fourth-order valence-electron chi connectivity index (χ4n) is 1.31. The molecule has 1 rings (SSSR count). The summed E-state index contributed by atoms with van der Waals surface area (Å²) >= 11 is 0. The zero-order chi connectivity index (χ0) is 9.90. The molecule has 14 heavy (non-hydrogen) atoms. The molecule has 0 aromatic rings. The minimum atomic E-state index is 1.13. The van der Waals surface area contributed by atoms with Crippen LogP contribution >= 0.6 is 0 Å². The molecule has 0 heterocycles. The van der Waals surface area contributed by atoms with Crippen LogP contribution in [0, 0.1) is 6.42 Å². The molecule has 1 aliphatic carbocycles. The maximum absolute atomic E-state index is 2.25. The van der Waals surface area contributed by atoms with Gasteiger partial charge in [0.2, 0.25) is 0 Å². The summed E-state index contributed by atoms with van der Waals surface area (Å²) in [5, 5.41) is 0. The highest BCUT2D eigenvalue weighted by atomic mass is 13.9. The minimum absolute atomic E-state index is 1.13. The van der Waals surface area contributed by atoms with Crippen LogP contribution in [0.4, 0.5) is 0 Å². The lowest BCUT2D eigenvalue weighted by atomic mass is 10.2. The monoisotopic (exact) mass is 187 g/mol. The van der Waals surface area contributed by atoms with Gasteiger partial charge >= 0.3 is 0 Å². The van der Waals surface area contributed by atoms with Crippen LogP contribution in [0.25, 0.3) is 0 Å². The molecule has 0 aromatic carbocycles. The molecule has 75 valence electrons. The van der Waals surface area contributed by atoms with Crippen molar-refractivity contribution in [1.29, 1.82) is 0 Å². The third-order valence-corrected chi connectivity index (χ3v) is 2.12. The van der Waals surface area contributed by atoms with Crippen molar-refractivity contribution in [1.82, 2.24) is 0 Å². The molecule has 0 aliphatic heterocycles. The van der Waals surface area contributed by atoms with E-state index in [4.69, 9.17) is 0 Å². The Labute approximate surface area is 87.7 Å². The highest BCUT2D eigenvalue weighted by molar-refractivity contribution is 5.09. The molecule has 0 aromatic heterocycles. The second kappa shape index (κ2) is 8.55. The summed E-state index contributed by atoms with van der Waals surface area (Å²) < 4.78 is 0. The first-order valence-electron chi connectivity index (χ1n) is 5.47. The predicted octanol–water partition coefficient (Wildman–Crippen LogP) is 4.38. The molecule has 0 unspecified atom stereocenters. The Balaban J connectivity index is 2.33. The SMILES string of the molecule is [CH]1C=CC=CCCCC=CC=CCC1. The smallest absolute Gasteiger partial charge is 0.0164 e. The topological polar surface area (TPSA) is 0 Å². The van der Waals surface area contributed by atoms with Gasteiger partial charge in [-0.2, -0.15) is 0 Å². The first kappa shape index (κ1) is 11.0. The molecule has 0 nitrogen and oxygen atoms in total. The van der Waals surface area contributed by atoms with E-state index in [2.05, 4.69) is 55.0 Å². The minimum Gasteiger partial charge on any atom is -0.0845 e. The normalized spacial score (nSPS) is 19.4. The highest BCUT2D eigenvalue weighted by Gasteiger charge is 1.82. The second-order valence-electron chi connectivity index (χ2n) is 3.41. The van der Waals surface area contributed by atoms with E-state index in [9.17, 15) is 0 Å². The maximum atomic E-state index is 2.25. The van der Waals surface area contributed by atoms with Gasteiger partial charge < -0.3 is 0 Å². The average Bonchev–Trinajstić information content (AvgIpc) is 2.22. The Morgan fingerprint density at radius 3 is 1.93 bits per heavy atom. The zero-order valence-corrected chi connectivity index (χ0v) is 8.73. The average molecular weight is 187 g/mol. The fourth-order valence-corrected chi connectivity index (χ4v) is 1.31. The van der Waals surface area contributed by atoms with E-state index in [1.54, 1.807) is 0 Å². The molecular formula is C14H19. The molecule has 0 saturated carbocycles. The van der Waals surface area contributed by atoms with Gasteiger partial charge in [0, 0.05) is 0 Å². The standard InChI is InChI=1S/C14H19/c1-2-4-6-8-10-12-14-13-11-9-7-5-3-1/h1-5,10,12-14H,6-9,11H2. The lowest BCUT2D eigenvalue weighted by Crippen LogP contribution is -1.72. The van der Waals surface area contributed by atoms with E-state index in [1.807, 2.05) is 0 Å². The molecule has 0 fully saturated rings. The Bertz CT molecular complexity index is 178. The van der Waals surface area contributed by atoms with Crippen molar-refractivity contribution in [3.8, 4) is 0 Å². The van der Waals surface area contributed by atoms with Crippen LogP contribution in [0.3, 0.4) is 0 Å². The van der Waals surface area contributed by atoms with E-state index in [-0.39, 0.29) is 0 Å².